The summed E-state index contributed by atoms with van der Waals surface area (Å²) in [5.41, 5.74) is 6.80. The first kappa shape index (κ1) is 16.0. The number of nitrogens with two attached hydrogens (primary N) is 1. The topological polar surface area (TPSA) is 67.1 Å². The van der Waals surface area contributed by atoms with Crippen LogP contribution in [0.15, 0.2) is 18.2 Å². The predicted molar refractivity (Wildman–Crippen MR) is 80.6 cm³/mol. The Balaban J connectivity index is 0.000000250. The van der Waals surface area contributed by atoms with Crippen LogP contribution in [0.25, 0.3) is 0 Å². The minimum atomic E-state index is -0.207. The number of anilines is 1. The van der Waals surface area contributed by atoms with Gasteiger partial charge in [0.25, 0.3) is 0 Å². The van der Waals surface area contributed by atoms with Crippen LogP contribution in [0.5, 0.6) is 0 Å². The molecule has 2 rings (SSSR count). The molecule has 1 aromatic carbocycles. The second-order valence-corrected chi connectivity index (χ2v) is 4.96. The highest BCUT2D eigenvalue weighted by Crippen LogP contribution is 2.19. The lowest BCUT2D eigenvalue weighted by Crippen LogP contribution is -2.21. The summed E-state index contributed by atoms with van der Waals surface area (Å²) in [6, 6.07) is 6.18. The molecule has 0 radical (unpaired) electrons. The molecule has 0 aromatic heterocycles. The molecule has 0 spiro atoms. The number of hydrogen-bond acceptors (Lipinski definition) is 3. The zero-order chi connectivity index (χ0) is 14.3. The van der Waals surface area contributed by atoms with Crippen LogP contribution in [-0.4, -0.2) is 25.0 Å². The molecule has 0 atom stereocenters. The van der Waals surface area contributed by atoms with Crippen molar-refractivity contribution in [2.45, 2.75) is 32.7 Å². The zero-order valence-electron chi connectivity index (χ0n) is 11.5. The molecule has 4 N–H and O–H groups in total. The third-order valence-electron chi connectivity index (χ3n) is 2.70. The molecule has 1 saturated carbocycles. The smallest absolute Gasteiger partial charge is 0.238 e. The maximum Gasteiger partial charge on any atom is 0.238 e. The van der Waals surface area contributed by atoms with Crippen LogP contribution >= 0.6 is 11.6 Å². The predicted octanol–water partition coefficient (Wildman–Crippen LogP) is 2.30. The highest BCUT2D eigenvalue weighted by molar-refractivity contribution is 6.31. The van der Waals surface area contributed by atoms with E-state index in [4.69, 9.17) is 17.3 Å². The van der Waals surface area contributed by atoms with Crippen molar-refractivity contribution < 1.29 is 4.79 Å². The Hall–Kier alpha value is -1.10. The van der Waals surface area contributed by atoms with Gasteiger partial charge in [-0.15, -0.1) is 0 Å². The first-order valence-electron chi connectivity index (χ1n) is 6.56. The second kappa shape index (κ2) is 8.15. The average Bonchev–Trinajstić information content (AvgIpc) is 3.19. The summed E-state index contributed by atoms with van der Waals surface area (Å²) in [4.78, 5) is 10.9. The van der Waals surface area contributed by atoms with Crippen molar-refractivity contribution in [3.63, 3.8) is 0 Å². The number of amides is 1. The standard InChI is InChI=1S/C9H11ClN2O.C5H11N/c1-6-4-7(2-3-8(6)10)12-9(13)5-11;1-2-6-5-3-4-5/h2-4H,5,11H2,1H3,(H,12,13);5-6H,2-4H2,1H3. The van der Waals surface area contributed by atoms with Crippen LogP contribution in [0.1, 0.15) is 25.3 Å². The molecule has 1 fully saturated rings. The number of halogens is 1. The molecule has 4 nitrogen and oxygen atoms in total. The third kappa shape index (κ3) is 6.57. The Kier molecular flexibility index (Phi) is 6.84. The Morgan fingerprint density at radius 3 is 2.58 bits per heavy atom. The number of carbonyl (C=O) groups excluding carboxylic acids is 1. The van der Waals surface area contributed by atoms with E-state index in [2.05, 4.69) is 17.6 Å². The Labute approximate surface area is 119 Å². The van der Waals surface area contributed by atoms with E-state index in [1.54, 1.807) is 18.2 Å². The molecule has 0 heterocycles. The number of carbonyl (C=O) groups is 1. The van der Waals surface area contributed by atoms with Crippen molar-refractivity contribution in [2.75, 3.05) is 18.4 Å². The lowest BCUT2D eigenvalue weighted by Gasteiger charge is -2.04. The minimum absolute atomic E-state index is 0.0122. The highest BCUT2D eigenvalue weighted by atomic mass is 35.5. The van der Waals surface area contributed by atoms with E-state index >= 15 is 0 Å². The number of hydrogen-bond donors (Lipinski definition) is 3. The summed E-state index contributed by atoms with van der Waals surface area (Å²) in [6.07, 6.45) is 2.82. The van der Waals surface area contributed by atoms with E-state index in [0.717, 1.165) is 23.8 Å². The van der Waals surface area contributed by atoms with Crippen LogP contribution in [0.3, 0.4) is 0 Å². The van der Waals surface area contributed by atoms with Gasteiger partial charge in [0.05, 0.1) is 6.54 Å². The van der Waals surface area contributed by atoms with Crippen LogP contribution in [-0.2, 0) is 4.79 Å². The van der Waals surface area contributed by atoms with Gasteiger partial charge in [-0.25, -0.2) is 0 Å². The molecule has 106 valence electrons. The molecule has 1 aliphatic carbocycles. The van der Waals surface area contributed by atoms with Gasteiger partial charge in [0, 0.05) is 16.8 Å². The van der Waals surface area contributed by atoms with Crippen molar-refractivity contribution in [1.82, 2.24) is 5.32 Å². The minimum Gasteiger partial charge on any atom is -0.325 e. The fourth-order valence-electron chi connectivity index (χ4n) is 1.51. The number of aryl methyl sites for hydroxylation is 1. The normalized spacial score (nSPS) is 13.5. The summed E-state index contributed by atoms with van der Waals surface area (Å²) in [7, 11) is 0. The van der Waals surface area contributed by atoms with Gasteiger partial charge >= 0.3 is 0 Å². The van der Waals surface area contributed by atoms with E-state index in [-0.39, 0.29) is 12.5 Å². The average molecular weight is 284 g/mol. The van der Waals surface area contributed by atoms with E-state index in [1.165, 1.54) is 12.8 Å². The maximum absolute atomic E-state index is 10.9. The van der Waals surface area contributed by atoms with Gasteiger partial charge in [0.15, 0.2) is 0 Å². The molecule has 1 aliphatic rings. The van der Waals surface area contributed by atoms with Crippen molar-refractivity contribution in [1.29, 1.82) is 0 Å². The van der Waals surface area contributed by atoms with Crippen molar-refractivity contribution in [2.24, 2.45) is 5.73 Å². The highest BCUT2D eigenvalue weighted by Gasteiger charge is 2.18. The largest absolute Gasteiger partial charge is 0.325 e. The van der Waals surface area contributed by atoms with Gasteiger partial charge in [-0.3, -0.25) is 4.79 Å². The van der Waals surface area contributed by atoms with Gasteiger partial charge in [-0.1, -0.05) is 18.5 Å². The summed E-state index contributed by atoms with van der Waals surface area (Å²) in [5.74, 6) is -0.207. The lowest BCUT2D eigenvalue weighted by atomic mass is 10.2. The lowest BCUT2D eigenvalue weighted by molar-refractivity contribution is -0.114. The van der Waals surface area contributed by atoms with E-state index in [1.807, 2.05) is 6.92 Å². The molecule has 5 heteroatoms. The molecule has 0 saturated heterocycles. The molecular formula is C14H22ClN3O. The monoisotopic (exact) mass is 283 g/mol. The summed E-state index contributed by atoms with van der Waals surface area (Å²) >= 11 is 5.81. The summed E-state index contributed by atoms with van der Waals surface area (Å²) < 4.78 is 0. The van der Waals surface area contributed by atoms with E-state index in [0.29, 0.717) is 5.02 Å². The quantitative estimate of drug-likeness (QED) is 0.794. The first-order chi connectivity index (χ1) is 9.06. The van der Waals surface area contributed by atoms with Gasteiger partial charge in [-0.05, 0) is 50.1 Å². The Bertz CT molecular complexity index is 419. The molecule has 0 unspecified atom stereocenters. The summed E-state index contributed by atoms with van der Waals surface area (Å²) in [6.45, 7) is 5.16. The van der Waals surface area contributed by atoms with Gasteiger partial charge < -0.3 is 16.4 Å². The fourth-order valence-corrected chi connectivity index (χ4v) is 1.63. The van der Waals surface area contributed by atoms with Gasteiger partial charge in [-0.2, -0.15) is 0 Å². The number of nitrogens with one attached hydrogen (secondary N) is 2. The molecule has 0 aliphatic heterocycles. The van der Waals surface area contributed by atoms with E-state index in [9.17, 15) is 4.79 Å². The molecule has 1 amide bonds. The van der Waals surface area contributed by atoms with Crippen LogP contribution in [0.4, 0.5) is 5.69 Å². The SMILES string of the molecule is CCNC1CC1.Cc1cc(NC(=O)CN)ccc1Cl. The van der Waals surface area contributed by atoms with Crippen LogP contribution in [0, 0.1) is 6.92 Å². The Morgan fingerprint density at radius 1 is 1.47 bits per heavy atom. The van der Waals surface area contributed by atoms with Gasteiger partial charge in [0.2, 0.25) is 5.91 Å². The third-order valence-corrected chi connectivity index (χ3v) is 3.12. The summed E-state index contributed by atoms with van der Waals surface area (Å²) in [5, 5.41) is 6.64. The molecule has 0 bridgehead atoms. The van der Waals surface area contributed by atoms with Crippen molar-refractivity contribution >= 4 is 23.2 Å². The van der Waals surface area contributed by atoms with Gasteiger partial charge in [0.1, 0.15) is 0 Å². The first-order valence-corrected chi connectivity index (χ1v) is 6.94. The molecule has 1 aromatic rings. The molecular weight excluding hydrogens is 262 g/mol. The Morgan fingerprint density at radius 2 is 2.16 bits per heavy atom. The maximum atomic E-state index is 10.9. The number of rotatable bonds is 4. The van der Waals surface area contributed by atoms with Crippen LogP contribution < -0.4 is 16.4 Å². The zero-order valence-corrected chi connectivity index (χ0v) is 12.3. The number of benzene rings is 1. The fraction of sp³-hybridized carbons (Fsp3) is 0.500. The van der Waals surface area contributed by atoms with Crippen molar-refractivity contribution in [3.8, 4) is 0 Å². The van der Waals surface area contributed by atoms with E-state index < -0.39 is 0 Å². The van der Waals surface area contributed by atoms with Crippen LogP contribution in [0.2, 0.25) is 5.02 Å². The van der Waals surface area contributed by atoms with Crippen molar-refractivity contribution in [3.05, 3.63) is 28.8 Å². The molecule has 19 heavy (non-hydrogen) atoms. The second-order valence-electron chi connectivity index (χ2n) is 4.55.